The number of benzene rings is 1. The molecule has 2 rings (SSSR count). The molecule has 0 aliphatic rings. The average molecular weight is 343 g/mol. The van der Waals surface area contributed by atoms with E-state index in [2.05, 4.69) is 15.5 Å². The van der Waals surface area contributed by atoms with E-state index in [1.165, 1.54) is 47.0 Å². The lowest BCUT2D eigenvalue weighted by molar-refractivity contribution is -0.120. The van der Waals surface area contributed by atoms with Gasteiger partial charge in [-0.15, -0.1) is 10.2 Å². The molecule has 1 aromatic heterocycles. The van der Waals surface area contributed by atoms with E-state index < -0.39 is 0 Å². The minimum atomic E-state index is -0.283. The molecule has 1 N–H and O–H groups in total. The van der Waals surface area contributed by atoms with Crippen LogP contribution in [0.5, 0.6) is 0 Å². The van der Waals surface area contributed by atoms with E-state index in [9.17, 15) is 9.18 Å². The Balaban J connectivity index is 1.83. The van der Waals surface area contributed by atoms with Crippen molar-refractivity contribution >= 4 is 40.8 Å². The average Bonchev–Trinajstić information content (AvgIpc) is 2.94. The highest BCUT2D eigenvalue weighted by molar-refractivity contribution is 8.03. The Kier molecular flexibility index (Phi) is 6.01. The Morgan fingerprint density at radius 1 is 1.33 bits per heavy atom. The molecule has 0 saturated heterocycles. The number of carbonyl (C=O) groups excluding carboxylic acids is 1. The Morgan fingerprint density at radius 2 is 2.00 bits per heavy atom. The molecule has 0 bridgehead atoms. The fraction of sp³-hybridized carbons (Fsp3) is 0.308. The van der Waals surface area contributed by atoms with Crippen molar-refractivity contribution in [2.75, 3.05) is 6.26 Å². The molecule has 112 valence electrons. The summed E-state index contributed by atoms with van der Waals surface area (Å²) in [5, 5.41) is 10.6. The van der Waals surface area contributed by atoms with Crippen molar-refractivity contribution in [1.82, 2.24) is 15.5 Å². The predicted octanol–water partition coefficient (Wildman–Crippen LogP) is 3.20. The van der Waals surface area contributed by atoms with Gasteiger partial charge in [0.15, 0.2) is 8.68 Å². The van der Waals surface area contributed by atoms with Gasteiger partial charge >= 0.3 is 0 Å². The van der Waals surface area contributed by atoms with Crippen LogP contribution in [0.4, 0.5) is 4.39 Å². The van der Waals surface area contributed by atoms with Crippen molar-refractivity contribution in [3.8, 4) is 0 Å². The maximum atomic E-state index is 12.8. The molecule has 0 fully saturated rings. The van der Waals surface area contributed by atoms with Gasteiger partial charge in [-0.3, -0.25) is 4.79 Å². The Bertz CT molecular complexity index is 603. The molecule has 8 heteroatoms. The molecule has 21 heavy (non-hydrogen) atoms. The predicted molar refractivity (Wildman–Crippen MR) is 85.3 cm³/mol. The largest absolute Gasteiger partial charge is 0.351 e. The fourth-order valence-corrected chi connectivity index (χ4v) is 4.07. The normalized spacial score (nSPS) is 12.1. The van der Waals surface area contributed by atoms with Crippen molar-refractivity contribution in [3.05, 3.63) is 35.6 Å². The number of amides is 1. The number of halogens is 1. The van der Waals surface area contributed by atoms with E-state index in [4.69, 9.17) is 0 Å². The lowest BCUT2D eigenvalue weighted by Crippen LogP contribution is -2.30. The van der Waals surface area contributed by atoms with E-state index in [0.29, 0.717) is 6.54 Å². The van der Waals surface area contributed by atoms with Gasteiger partial charge in [0, 0.05) is 6.54 Å². The molecule has 0 aliphatic carbocycles. The summed E-state index contributed by atoms with van der Waals surface area (Å²) in [5.41, 5.74) is 0.863. The van der Waals surface area contributed by atoms with Gasteiger partial charge < -0.3 is 5.32 Å². The Labute approximate surface area is 134 Å². The molecule has 2 aromatic rings. The van der Waals surface area contributed by atoms with Gasteiger partial charge in [-0.25, -0.2) is 4.39 Å². The molecule has 4 nitrogen and oxygen atoms in total. The van der Waals surface area contributed by atoms with Crippen LogP contribution >= 0.6 is 34.9 Å². The van der Waals surface area contributed by atoms with Crippen molar-refractivity contribution in [3.63, 3.8) is 0 Å². The van der Waals surface area contributed by atoms with Crippen LogP contribution in [0.2, 0.25) is 0 Å². The molecule has 0 unspecified atom stereocenters. The summed E-state index contributed by atoms with van der Waals surface area (Å²) in [6, 6.07) is 6.07. The van der Waals surface area contributed by atoms with Crippen LogP contribution in [0.15, 0.2) is 32.9 Å². The smallest absolute Gasteiger partial charge is 0.233 e. The molecule has 0 saturated carbocycles. The van der Waals surface area contributed by atoms with Gasteiger partial charge in [-0.2, -0.15) is 0 Å². The standard InChI is InChI=1S/C13H14FN3OS3/c1-8(20-13-17-16-12(19-2)21-13)11(18)15-7-9-3-5-10(14)6-4-9/h3-6,8H,7H2,1-2H3,(H,15,18)/t8-/m0/s1. The minimum absolute atomic E-state index is 0.0785. The number of rotatable bonds is 6. The van der Waals surface area contributed by atoms with E-state index in [1.807, 2.05) is 13.2 Å². The van der Waals surface area contributed by atoms with Crippen molar-refractivity contribution in [1.29, 1.82) is 0 Å². The second kappa shape index (κ2) is 7.77. The molecule has 1 amide bonds. The van der Waals surface area contributed by atoms with Crippen LogP contribution in [0.3, 0.4) is 0 Å². The molecule has 1 heterocycles. The number of thioether (sulfide) groups is 2. The van der Waals surface area contributed by atoms with Gasteiger partial charge in [0.25, 0.3) is 0 Å². The monoisotopic (exact) mass is 343 g/mol. The first-order chi connectivity index (χ1) is 10.1. The molecule has 0 radical (unpaired) electrons. The lowest BCUT2D eigenvalue weighted by Gasteiger charge is -2.10. The van der Waals surface area contributed by atoms with Crippen LogP contribution in [0.1, 0.15) is 12.5 Å². The first kappa shape index (κ1) is 16.3. The highest BCUT2D eigenvalue weighted by Gasteiger charge is 2.16. The summed E-state index contributed by atoms with van der Waals surface area (Å²) in [4.78, 5) is 12.0. The van der Waals surface area contributed by atoms with Gasteiger partial charge in [-0.1, -0.05) is 47.0 Å². The third-order valence-corrected chi connectivity index (χ3v) is 5.67. The lowest BCUT2D eigenvalue weighted by atomic mass is 10.2. The number of nitrogens with one attached hydrogen (secondary N) is 1. The number of hydrogen-bond donors (Lipinski definition) is 1. The van der Waals surface area contributed by atoms with Gasteiger partial charge in [0.1, 0.15) is 5.82 Å². The van der Waals surface area contributed by atoms with Crippen LogP contribution in [-0.2, 0) is 11.3 Å². The SMILES string of the molecule is CSc1nnc(S[C@@H](C)C(=O)NCc2ccc(F)cc2)s1. The number of hydrogen-bond acceptors (Lipinski definition) is 6. The fourth-order valence-electron chi connectivity index (χ4n) is 1.47. The zero-order valence-corrected chi connectivity index (χ0v) is 13.9. The molecule has 0 spiro atoms. The number of nitrogens with zero attached hydrogens (tertiary/aromatic N) is 2. The summed E-state index contributed by atoms with van der Waals surface area (Å²) in [7, 11) is 0. The third-order valence-electron chi connectivity index (χ3n) is 2.59. The number of aromatic nitrogens is 2. The van der Waals surface area contributed by atoms with E-state index >= 15 is 0 Å². The molecule has 1 aromatic carbocycles. The van der Waals surface area contributed by atoms with Gasteiger partial charge in [-0.05, 0) is 30.9 Å². The summed E-state index contributed by atoms with van der Waals surface area (Å²) >= 11 is 4.40. The van der Waals surface area contributed by atoms with Gasteiger partial charge in [0.2, 0.25) is 5.91 Å². The maximum Gasteiger partial charge on any atom is 0.233 e. The molecular weight excluding hydrogens is 329 g/mol. The minimum Gasteiger partial charge on any atom is -0.351 e. The Hall–Kier alpha value is -1.12. The molecule has 0 aliphatic heterocycles. The summed E-state index contributed by atoms with van der Waals surface area (Å²) in [6.45, 7) is 2.21. The van der Waals surface area contributed by atoms with Crippen molar-refractivity contribution in [2.45, 2.75) is 27.4 Å². The third kappa shape index (κ3) is 4.98. The molecule has 1 atom stereocenters. The summed E-state index contributed by atoms with van der Waals surface area (Å²) in [5.74, 6) is -0.361. The van der Waals surface area contributed by atoms with E-state index in [0.717, 1.165) is 14.2 Å². The summed E-state index contributed by atoms with van der Waals surface area (Å²) in [6.07, 6.45) is 1.94. The summed E-state index contributed by atoms with van der Waals surface area (Å²) < 4.78 is 14.5. The van der Waals surface area contributed by atoms with Gasteiger partial charge in [0.05, 0.1) is 5.25 Å². The van der Waals surface area contributed by atoms with E-state index in [-0.39, 0.29) is 17.0 Å². The topological polar surface area (TPSA) is 54.9 Å². The zero-order valence-electron chi connectivity index (χ0n) is 11.5. The first-order valence-corrected chi connectivity index (χ1v) is 9.07. The highest BCUT2D eigenvalue weighted by Crippen LogP contribution is 2.30. The molecular formula is C13H14FN3OS3. The van der Waals surface area contributed by atoms with Crippen LogP contribution < -0.4 is 5.32 Å². The number of carbonyl (C=O) groups is 1. The maximum absolute atomic E-state index is 12.8. The highest BCUT2D eigenvalue weighted by atomic mass is 32.2. The van der Waals surface area contributed by atoms with Crippen LogP contribution in [0, 0.1) is 5.82 Å². The second-order valence-corrected chi connectivity index (χ2v) is 7.76. The van der Waals surface area contributed by atoms with Crippen LogP contribution in [0.25, 0.3) is 0 Å². The first-order valence-electron chi connectivity index (χ1n) is 6.15. The van der Waals surface area contributed by atoms with E-state index in [1.54, 1.807) is 12.1 Å². The Morgan fingerprint density at radius 3 is 2.62 bits per heavy atom. The second-order valence-electron chi connectivity index (χ2n) is 4.14. The van der Waals surface area contributed by atoms with Crippen molar-refractivity contribution in [2.24, 2.45) is 0 Å². The zero-order chi connectivity index (χ0) is 15.2. The van der Waals surface area contributed by atoms with Crippen molar-refractivity contribution < 1.29 is 9.18 Å². The van der Waals surface area contributed by atoms with Crippen LogP contribution in [-0.4, -0.2) is 27.6 Å². The quantitative estimate of drug-likeness (QED) is 0.816.